The normalized spacial score (nSPS) is 12.4. The van der Waals surface area contributed by atoms with Gasteiger partial charge in [-0.25, -0.2) is 0 Å². The summed E-state index contributed by atoms with van der Waals surface area (Å²) in [4.78, 5) is 20.6. The molecular weight excluding hydrogens is 448 g/mol. The Kier molecular flexibility index (Phi) is 7.03. The number of nitrogens with zero attached hydrogens (tertiary/aromatic N) is 3. The Hall–Kier alpha value is -3.19. The Labute approximate surface area is 204 Å². The standard InChI is InChI=1S/C27H29ClN4O2/c1-4-20(29)15-31(3)16-24-23(18-10-17(2)11-19(28)12-18)14-30-25-8-9-32(27(34)26(24)25)21-6-5-7-22(33)13-21/h5-14,20,33H,4,15-16,29H2,1-3H3/t20-/m0/s1. The van der Waals surface area contributed by atoms with Crippen LogP contribution in [0.25, 0.3) is 27.7 Å². The summed E-state index contributed by atoms with van der Waals surface area (Å²) in [5.41, 5.74) is 10.9. The minimum atomic E-state index is -0.195. The molecule has 7 heteroatoms. The highest BCUT2D eigenvalue weighted by Gasteiger charge is 2.18. The van der Waals surface area contributed by atoms with Crippen molar-refractivity contribution in [2.75, 3.05) is 13.6 Å². The highest BCUT2D eigenvalue weighted by Crippen LogP contribution is 2.31. The molecule has 0 saturated heterocycles. The van der Waals surface area contributed by atoms with Gasteiger partial charge in [-0.15, -0.1) is 0 Å². The van der Waals surface area contributed by atoms with Gasteiger partial charge in [0.2, 0.25) is 0 Å². The second kappa shape index (κ2) is 9.97. The summed E-state index contributed by atoms with van der Waals surface area (Å²) in [6.07, 6.45) is 4.37. The maximum Gasteiger partial charge on any atom is 0.264 e. The Morgan fingerprint density at radius 1 is 1.21 bits per heavy atom. The summed E-state index contributed by atoms with van der Waals surface area (Å²) in [5, 5.41) is 11.1. The molecule has 0 aliphatic heterocycles. The molecule has 3 N–H and O–H groups in total. The summed E-state index contributed by atoms with van der Waals surface area (Å²) < 4.78 is 1.54. The van der Waals surface area contributed by atoms with Crippen LogP contribution in [0.2, 0.25) is 5.02 Å². The lowest BCUT2D eigenvalue weighted by molar-refractivity contribution is 0.301. The number of aryl methyl sites for hydroxylation is 1. The monoisotopic (exact) mass is 476 g/mol. The van der Waals surface area contributed by atoms with E-state index in [-0.39, 0.29) is 17.4 Å². The van der Waals surface area contributed by atoms with Crippen LogP contribution in [-0.2, 0) is 6.54 Å². The van der Waals surface area contributed by atoms with Crippen LogP contribution in [-0.4, -0.2) is 39.2 Å². The molecule has 4 aromatic rings. The van der Waals surface area contributed by atoms with Gasteiger partial charge in [0.25, 0.3) is 5.56 Å². The van der Waals surface area contributed by atoms with Gasteiger partial charge in [-0.05, 0) is 67.4 Å². The fourth-order valence-electron chi connectivity index (χ4n) is 4.28. The van der Waals surface area contributed by atoms with Crippen LogP contribution in [0.3, 0.4) is 0 Å². The van der Waals surface area contributed by atoms with Crippen molar-refractivity contribution in [2.45, 2.75) is 32.9 Å². The molecular formula is C27H29ClN4O2. The molecule has 0 aliphatic carbocycles. The molecule has 0 spiro atoms. The topological polar surface area (TPSA) is 84.4 Å². The molecule has 0 radical (unpaired) electrons. The van der Waals surface area contributed by atoms with Crippen molar-refractivity contribution in [1.29, 1.82) is 0 Å². The zero-order valence-electron chi connectivity index (χ0n) is 19.6. The highest BCUT2D eigenvalue weighted by molar-refractivity contribution is 6.31. The minimum Gasteiger partial charge on any atom is -0.508 e. The van der Waals surface area contributed by atoms with E-state index in [2.05, 4.69) is 16.8 Å². The first-order chi connectivity index (χ1) is 16.3. The first-order valence-electron chi connectivity index (χ1n) is 11.3. The highest BCUT2D eigenvalue weighted by atomic mass is 35.5. The number of hydrogen-bond donors (Lipinski definition) is 2. The number of halogens is 1. The van der Waals surface area contributed by atoms with E-state index in [0.29, 0.717) is 34.7 Å². The molecule has 0 unspecified atom stereocenters. The number of phenols is 1. The van der Waals surface area contributed by atoms with E-state index < -0.39 is 0 Å². The fraction of sp³-hybridized carbons (Fsp3) is 0.259. The van der Waals surface area contributed by atoms with Crippen LogP contribution in [0, 0.1) is 6.92 Å². The number of nitrogens with two attached hydrogens (primary N) is 1. The zero-order chi connectivity index (χ0) is 24.4. The van der Waals surface area contributed by atoms with E-state index in [4.69, 9.17) is 17.3 Å². The molecule has 4 rings (SSSR count). The summed E-state index contributed by atoms with van der Waals surface area (Å²) in [7, 11) is 2.01. The number of phenolic OH excluding ortho intramolecular Hbond substituents is 1. The molecule has 0 aliphatic rings. The summed E-state index contributed by atoms with van der Waals surface area (Å²) in [6, 6.07) is 14.4. The third-order valence-corrected chi connectivity index (χ3v) is 6.21. The average Bonchev–Trinajstić information content (AvgIpc) is 2.78. The van der Waals surface area contributed by atoms with Gasteiger partial charge in [-0.2, -0.15) is 0 Å². The molecule has 6 nitrogen and oxygen atoms in total. The van der Waals surface area contributed by atoms with E-state index in [1.54, 1.807) is 30.5 Å². The SMILES string of the molecule is CC[C@H](N)CN(C)Cc1c(-c2cc(C)cc(Cl)c2)cnc2ccn(-c3cccc(O)c3)c(=O)c12. The summed E-state index contributed by atoms with van der Waals surface area (Å²) >= 11 is 6.38. The molecule has 2 aromatic heterocycles. The molecule has 1 atom stereocenters. The minimum absolute atomic E-state index is 0.0407. The van der Waals surface area contributed by atoms with Gasteiger partial charge in [0.15, 0.2) is 0 Å². The Bertz CT molecular complexity index is 1380. The fourth-order valence-corrected chi connectivity index (χ4v) is 4.57. The molecule has 2 heterocycles. The maximum absolute atomic E-state index is 13.8. The van der Waals surface area contributed by atoms with Crippen molar-refractivity contribution in [2.24, 2.45) is 5.73 Å². The van der Waals surface area contributed by atoms with Crippen LogP contribution in [0.1, 0.15) is 24.5 Å². The number of benzene rings is 2. The summed E-state index contributed by atoms with van der Waals surface area (Å²) in [5.74, 6) is 0.0966. The second-order valence-electron chi connectivity index (χ2n) is 8.80. The molecule has 176 valence electrons. The van der Waals surface area contributed by atoms with Crippen LogP contribution < -0.4 is 11.3 Å². The lowest BCUT2D eigenvalue weighted by atomic mass is 9.96. The predicted molar refractivity (Wildman–Crippen MR) is 139 cm³/mol. The van der Waals surface area contributed by atoms with E-state index in [0.717, 1.165) is 28.7 Å². The molecule has 0 saturated carbocycles. The lowest BCUT2D eigenvalue weighted by Crippen LogP contribution is -2.34. The van der Waals surface area contributed by atoms with Gasteiger partial charge < -0.3 is 15.7 Å². The summed E-state index contributed by atoms with van der Waals surface area (Å²) in [6.45, 7) is 5.27. The Balaban J connectivity index is 1.97. The van der Waals surface area contributed by atoms with Crippen molar-refractivity contribution < 1.29 is 5.11 Å². The first kappa shape index (κ1) is 24.0. The molecule has 0 amide bonds. The van der Waals surface area contributed by atoms with Crippen molar-refractivity contribution in [1.82, 2.24) is 14.5 Å². The van der Waals surface area contributed by atoms with Gasteiger partial charge in [0.1, 0.15) is 5.75 Å². The van der Waals surface area contributed by atoms with Crippen LogP contribution in [0.15, 0.2) is 65.7 Å². The largest absolute Gasteiger partial charge is 0.508 e. The van der Waals surface area contributed by atoms with E-state index >= 15 is 0 Å². The lowest BCUT2D eigenvalue weighted by Gasteiger charge is -2.23. The van der Waals surface area contributed by atoms with Crippen molar-refractivity contribution in [3.63, 3.8) is 0 Å². The van der Waals surface area contributed by atoms with Gasteiger partial charge in [0, 0.05) is 48.2 Å². The van der Waals surface area contributed by atoms with Crippen molar-refractivity contribution >= 4 is 22.5 Å². The zero-order valence-corrected chi connectivity index (χ0v) is 20.4. The van der Waals surface area contributed by atoms with Crippen LogP contribution in [0.4, 0.5) is 0 Å². The second-order valence-corrected chi connectivity index (χ2v) is 9.24. The third-order valence-electron chi connectivity index (χ3n) is 5.99. The number of pyridine rings is 2. The predicted octanol–water partition coefficient (Wildman–Crippen LogP) is 4.89. The smallest absolute Gasteiger partial charge is 0.264 e. The van der Waals surface area contributed by atoms with Crippen LogP contribution in [0.5, 0.6) is 5.75 Å². The Morgan fingerprint density at radius 3 is 2.71 bits per heavy atom. The van der Waals surface area contributed by atoms with Gasteiger partial charge >= 0.3 is 0 Å². The first-order valence-corrected chi connectivity index (χ1v) is 11.7. The molecule has 34 heavy (non-hydrogen) atoms. The average molecular weight is 477 g/mol. The number of aromatic hydroxyl groups is 1. The number of rotatable bonds is 7. The molecule has 2 aromatic carbocycles. The van der Waals surface area contributed by atoms with Gasteiger partial charge in [0.05, 0.1) is 16.6 Å². The van der Waals surface area contributed by atoms with E-state index in [1.807, 2.05) is 44.4 Å². The van der Waals surface area contributed by atoms with Crippen LogP contribution >= 0.6 is 11.6 Å². The van der Waals surface area contributed by atoms with E-state index in [9.17, 15) is 9.90 Å². The third kappa shape index (κ3) is 4.99. The van der Waals surface area contributed by atoms with Crippen molar-refractivity contribution in [3.05, 3.63) is 87.4 Å². The number of fused-ring (bicyclic) bond motifs is 1. The van der Waals surface area contributed by atoms with Crippen molar-refractivity contribution in [3.8, 4) is 22.6 Å². The number of aromatic nitrogens is 2. The van der Waals surface area contributed by atoms with E-state index in [1.165, 1.54) is 4.57 Å². The molecule has 0 fully saturated rings. The molecule has 0 bridgehead atoms. The number of likely N-dealkylation sites (N-methyl/N-ethyl adjacent to an activating group) is 1. The maximum atomic E-state index is 13.8. The van der Waals surface area contributed by atoms with Gasteiger partial charge in [-0.1, -0.05) is 30.7 Å². The number of hydrogen-bond acceptors (Lipinski definition) is 5. The van der Waals surface area contributed by atoms with Gasteiger partial charge in [-0.3, -0.25) is 14.3 Å². The Morgan fingerprint density at radius 2 is 2.00 bits per heavy atom. The quantitative estimate of drug-likeness (QED) is 0.396.